The standard InChI is InChI=1S/C10H8O4/c11-10-7-4-9-8(13-5-14-9)3-6(7)1-2-12-10/h3-4H,1-2,5H2. The molecular formula is C10H8O4. The first-order valence-electron chi connectivity index (χ1n) is 4.44. The van der Waals surface area contributed by atoms with Crippen LogP contribution < -0.4 is 9.47 Å². The van der Waals surface area contributed by atoms with E-state index in [9.17, 15) is 4.79 Å². The fourth-order valence-electron chi connectivity index (χ4n) is 1.71. The highest BCUT2D eigenvalue weighted by molar-refractivity contribution is 5.93. The second-order valence-corrected chi connectivity index (χ2v) is 3.25. The molecule has 0 aromatic heterocycles. The van der Waals surface area contributed by atoms with Gasteiger partial charge in [0.05, 0.1) is 12.2 Å². The highest BCUT2D eigenvalue weighted by atomic mass is 16.7. The molecule has 0 spiro atoms. The Hall–Kier alpha value is -1.71. The zero-order chi connectivity index (χ0) is 9.54. The summed E-state index contributed by atoms with van der Waals surface area (Å²) in [6.45, 7) is 0.679. The first-order chi connectivity index (χ1) is 6.84. The molecule has 1 aromatic carbocycles. The second-order valence-electron chi connectivity index (χ2n) is 3.25. The quantitative estimate of drug-likeness (QED) is 0.578. The number of esters is 1. The third-order valence-electron chi connectivity index (χ3n) is 2.42. The number of ether oxygens (including phenoxy) is 3. The summed E-state index contributed by atoms with van der Waals surface area (Å²) < 4.78 is 15.3. The molecule has 72 valence electrons. The Morgan fingerprint density at radius 3 is 2.71 bits per heavy atom. The molecule has 0 amide bonds. The SMILES string of the molecule is O=C1OCCc2cc3c(cc21)OCO3. The maximum Gasteiger partial charge on any atom is 0.338 e. The second kappa shape index (κ2) is 2.64. The third-order valence-corrected chi connectivity index (χ3v) is 2.42. The van der Waals surface area contributed by atoms with E-state index in [1.807, 2.05) is 6.07 Å². The number of benzene rings is 1. The van der Waals surface area contributed by atoms with Gasteiger partial charge in [0, 0.05) is 6.42 Å². The van der Waals surface area contributed by atoms with Gasteiger partial charge in [0.1, 0.15) is 0 Å². The molecular weight excluding hydrogens is 184 g/mol. The predicted molar refractivity (Wildman–Crippen MR) is 46.6 cm³/mol. The average Bonchev–Trinajstić information content (AvgIpc) is 2.62. The molecule has 0 unspecified atom stereocenters. The molecule has 0 N–H and O–H groups in total. The normalized spacial score (nSPS) is 17.6. The molecule has 2 aliphatic heterocycles. The van der Waals surface area contributed by atoms with Crippen LogP contribution in [0.2, 0.25) is 0 Å². The van der Waals surface area contributed by atoms with E-state index in [0.717, 1.165) is 17.7 Å². The van der Waals surface area contributed by atoms with Crippen molar-refractivity contribution in [1.29, 1.82) is 0 Å². The molecule has 0 saturated heterocycles. The van der Waals surface area contributed by atoms with Gasteiger partial charge in [-0.3, -0.25) is 0 Å². The Morgan fingerprint density at radius 1 is 1.07 bits per heavy atom. The third kappa shape index (κ3) is 0.968. The van der Waals surface area contributed by atoms with Crippen molar-refractivity contribution in [3.05, 3.63) is 23.3 Å². The van der Waals surface area contributed by atoms with Crippen LogP contribution in [0.3, 0.4) is 0 Å². The number of cyclic esters (lactones) is 1. The minimum absolute atomic E-state index is 0.229. The number of carbonyl (C=O) groups excluding carboxylic acids is 1. The maximum atomic E-state index is 11.4. The lowest BCUT2D eigenvalue weighted by atomic mass is 10.0. The summed E-state index contributed by atoms with van der Waals surface area (Å²) in [4.78, 5) is 11.4. The fraction of sp³-hybridized carbons (Fsp3) is 0.300. The van der Waals surface area contributed by atoms with Crippen LogP contribution in [0.1, 0.15) is 15.9 Å². The number of fused-ring (bicyclic) bond motifs is 2. The molecule has 0 saturated carbocycles. The molecule has 0 bridgehead atoms. The molecule has 2 aliphatic rings. The van der Waals surface area contributed by atoms with Crippen LogP contribution in [0.25, 0.3) is 0 Å². The topological polar surface area (TPSA) is 44.8 Å². The maximum absolute atomic E-state index is 11.4. The van der Waals surface area contributed by atoms with Crippen molar-refractivity contribution < 1.29 is 19.0 Å². The summed E-state index contributed by atoms with van der Waals surface area (Å²) in [5.41, 5.74) is 1.58. The zero-order valence-electron chi connectivity index (χ0n) is 7.41. The van der Waals surface area contributed by atoms with Gasteiger partial charge in [0.2, 0.25) is 6.79 Å². The van der Waals surface area contributed by atoms with E-state index < -0.39 is 0 Å². The first kappa shape index (κ1) is 7.67. The molecule has 0 aliphatic carbocycles. The summed E-state index contributed by atoms with van der Waals surface area (Å²) in [5.74, 6) is 1.07. The highest BCUT2D eigenvalue weighted by Crippen LogP contribution is 2.36. The molecule has 4 heteroatoms. The summed E-state index contributed by atoms with van der Waals surface area (Å²) in [5, 5.41) is 0. The van der Waals surface area contributed by atoms with E-state index in [1.54, 1.807) is 6.07 Å². The van der Waals surface area contributed by atoms with Gasteiger partial charge in [-0.2, -0.15) is 0 Å². The molecule has 3 rings (SSSR count). The first-order valence-corrected chi connectivity index (χ1v) is 4.44. The van der Waals surface area contributed by atoms with Gasteiger partial charge in [-0.05, 0) is 17.7 Å². The molecule has 0 radical (unpaired) electrons. The lowest BCUT2D eigenvalue weighted by Crippen LogP contribution is -2.17. The molecule has 14 heavy (non-hydrogen) atoms. The summed E-state index contributed by atoms with van der Waals surface area (Å²) >= 11 is 0. The van der Waals surface area contributed by atoms with E-state index in [4.69, 9.17) is 14.2 Å². The number of carbonyl (C=O) groups is 1. The van der Waals surface area contributed by atoms with Crippen LogP contribution in [0.4, 0.5) is 0 Å². The van der Waals surface area contributed by atoms with Crippen molar-refractivity contribution in [2.24, 2.45) is 0 Å². The minimum Gasteiger partial charge on any atom is -0.462 e. The van der Waals surface area contributed by atoms with Gasteiger partial charge in [0.15, 0.2) is 11.5 Å². The van der Waals surface area contributed by atoms with E-state index in [-0.39, 0.29) is 12.8 Å². The van der Waals surface area contributed by atoms with Crippen molar-refractivity contribution in [3.63, 3.8) is 0 Å². The number of hydrogen-bond donors (Lipinski definition) is 0. The van der Waals surface area contributed by atoms with Gasteiger partial charge in [-0.1, -0.05) is 0 Å². The summed E-state index contributed by atoms with van der Waals surface area (Å²) in [6, 6.07) is 3.55. The van der Waals surface area contributed by atoms with Crippen LogP contribution in [-0.2, 0) is 11.2 Å². The highest BCUT2D eigenvalue weighted by Gasteiger charge is 2.24. The lowest BCUT2D eigenvalue weighted by Gasteiger charge is -2.15. The predicted octanol–water partition coefficient (Wildman–Crippen LogP) is 1.13. The zero-order valence-corrected chi connectivity index (χ0v) is 7.41. The van der Waals surface area contributed by atoms with E-state index in [0.29, 0.717) is 17.9 Å². The van der Waals surface area contributed by atoms with E-state index in [1.165, 1.54) is 0 Å². The van der Waals surface area contributed by atoms with Crippen LogP contribution in [0, 0.1) is 0 Å². The number of rotatable bonds is 0. The van der Waals surface area contributed by atoms with E-state index >= 15 is 0 Å². The van der Waals surface area contributed by atoms with Crippen molar-refractivity contribution in [2.75, 3.05) is 13.4 Å². The van der Waals surface area contributed by atoms with Gasteiger partial charge >= 0.3 is 5.97 Å². The van der Waals surface area contributed by atoms with Crippen LogP contribution in [0.15, 0.2) is 12.1 Å². The summed E-state index contributed by atoms with van der Waals surface area (Å²) in [6.07, 6.45) is 0.748. The Labute approximate surface area is 80.4 Å². The Bertz CT molecular complexity index is 411. The minimum atomic E-state index is -0.274. The molecule has 2 heterocycles. The summed E-state index contributed by atoms with van der Waals surface area (Å²) in [7, 11) is 0. The Balaban J connectivity index is 2.17. The van der Waals surface area contributed by atoms with Crippen molar-refractivity contribution >= 4 is 5.97 Å². The van der Waals surface area contributed by atoms with Gasteiger partial charge in [0.25, 0.3) is 0 Å². The Morgan fingerprint density at radius 2 is 1.86 bits per heavy atom. The Kier molecular flexibility index (Phi) is 1.45. The van der Waals surface area contributed by atoms with Crippen molar-refractivity contribution in [2.45, 2.75) is 6.42 Å². The number of hydrogen-bond acceptors (Lipinski definition) is 4. The van der Waals surface area contributed by atoms with E-state index in [2.05, 4.69) is 0 Å². The smallest absolute Gasteiger partial charge is 0.338 e. The van der Waals surface area contributed by atoms with Gasteiger partial charge < -0.3 is 14.2 Å². The van der Waals surface area contributed by atoms with Gasteiger partial charge in [-0.15, -0.1) is 0 Å². The molecule has 0 fully saturated rings. The van der Waals surface area contributed by atoms with Crippen molar-refractivity contribution in [3.8, 4) is 11.5 Å². The van der Waals surface area contributed by atoms with Crippen LogP contribution in [-0.4, -0.2) is 19.4 Å². The lowest BCUT2D eigenvalue weighted by molar-refractivity contribution is 0.0480. The fourth-order valence-corrected chi connectivity index (χ4v) is 1.71. The van der Waals surface area contributed by atoms with Crippen LogP contribution >= 0.6 is 0 Å². The van der Waals surface area contributed by atoms with Crippen LogP contribution in [0.5, 0.6) is 11.5 Å². The molecule has 1 aromatic rings. The monoisotopic (exact) mass is 192 g/mol. The van der Waals surface area contributed by atoms with Gasteiger partial charge in [-0.25, -0.2) is 4.79 Å². The van der Waals surface area contributed by atoms with Crippen molar-refractivity contribution in [1.82, 2.24) is 0 Å². The largest absolute Gasteiger partial charge is 0.462 e. The molecule has 0 atom stereocenters. The average molecular weight is 192 g/mol. The molecule has 4 nitrogen and oxygen atoms in total.